The molecule has 0 atom stereocenters. The van der Waals surface area contributed by atoms with Gasteiger partial charge >= 0.3 is 0 Å². The molecule has 0 bridgehead atoms. The normalized spacial score (nSPS) is 13.2. The van der Waals surface area contributed by atoms with Crippen molar-refractivity contribution >= 4 is 29.1 Å². The summed E-state index contributed by atoms with van der Waals surface area (Å²) >= 11 is 6.20. The molecular formula is C22H21ClN4O. The number of hydrogen-bond acceptors (Lipinski definition) is 5. The molecule has 4 rings (SSSR count). The second-order valence-electron chi connectivity index (χ2n) is 6.97. The van der Waals surface area contributed by atoms with Crippen LogP contribution in [0.1, 0.15) is 43.2 Å². The van der Waals surface area contributed by atoms with E-state index in [9.17, 15) is 0 Å². The third-order valence-electron chi connectivity index (χ3n) is 4.64. The lowest BCUT2D eigenvalue weighted by Crippen LogP contribution is -2.34. The van der Waals surface area contributed by atoms with Crippen LogP contribution in [0.2, 0.25) is 5.28 Å². The number of anilines is 1. The molecule has 5 nitrogen and oxygen atoms in total. The average molecular weight is 393 g/mol. The standard InChI is InChI=1S/C22H21ClN4O/c1-14(2)19-12-16(28-27-19)13-24-21-20-17(15-8-4-3-5-9-15)10-6-7-11-18(20)25-22(23)26-21/h3-9,11-12,14H,10,13H2,1-2H3,(H,24,25,26). The summed E-state index contributed by atoms with van der Waals surface area (Å²) in [5, 5.41) is 9.46. The molecule has 3 aromatic rings. The third kappa shape index (κ3) is 3.85. The lowest BCUT2D eigenvalue weighted by atomic mass is 10.0. The molecule has 6 heteroatoms. The first kappa shape index (κ1) is 18.4. The van der Waals surface area contributed by atoms with Gasteiger partial charge in [-0.05, 0) is 41.2 Å². The zero-order valence-corrected chi connectivity index (χ0v) is 16.6. The van der Waals surface area contributed by atoms with Gasteiger partial charge in [-0.1, -0.05) is 61.5 Å². The molecule has 0 fully saturated rings. The molecule has 142 valence electrons. The second-order valence-corrected chi connectivity index (χ2v) is 7.31. The Hall–Kier alpha value is -2.92. The number of aromatic nitrogens is 3. The van der Waals surface area contributed by atoms with Gasteiger partial charge in [-0.3, -0.25) is 0 Å². The van der Waals surface area contributed by atoms with Crippen LogP contribution in [0, 0.1) is 0 Å². The highest BCUT2D eigenvalue weighted by molar-refractivity contribution is 6.28. The molecule has 2 aromatic heterocycles. The van der Waals surface area contributed by atoms with Crippen LogP contribution in [-0.2, 0) is 6.54 Å². The minimum atomic E-state index is 0.209. The Labute approximate surface area is 168 Å². The monoisotopic (exact) mass is 392 g/mol. The molecule has 0 amide bonds. The molecule has 0 saturated heterocycles. The predicted octanol–water partition coefficient (Wildman–Crippen LogP) is 3.79. The van der Waals surface area contributed by atoms with Crippen molar-refractivity contribution in [2.24, 2.45) is 0 Å². The van der Waals surface area contributed by atoms with Crippen molar-refractivity contribution < 1.29 is 4.52 Å². The summed E-state index contributed by atoms with van der Waals surface area (Å²) in [6.07, 6.45) is 6.88. The van der Waals surface area contributed by atoms with E-state index < -0.39 is 0 Å². The Kier molecular flexibility index (Phi) is 5.26. The van der Waals surface area contributed by atoms with Crippen LogP contribution < -0.4 is 15.9 Å². The maximum absolute atomic E-state index is 6.20. The van der Waals surface area contributed by atoms with Crippen LogP contribution in [0.4, 0.5) is 5.82 Å². The first-order chi connectivity index (χ1) is 13.6. The SMILES string of the molecule is CC(C)c1cc(CNc2nc(Cl)nc3c2=C(c2ccccc2)CC=CC=3)on1. The lowest BCUT2D eigenvalue weighted by Gasteiger charge is -2.10. The average Bonchev–Trinajstić information content (AvgIpc) is 3.07. The fraction of sp³-hybridized carbons (Fsp3) is 0.227. The van der Waals surface area contributed by atoms with Crippen LogP contribution in [0.25, 0.3) is 11.6 Å². The van der Waals surface area contributed by atoms with Gasteiger partial charge in [0, 0.05) is 11.3 Å². The van der Waals surface area contributed by atoms with Gasteiger partial charge in [0.2, 0.25) is 5.28 Å². The van der Waals surface area contributed by atoms with Crippen LogP contribution in [0.15, 0.2) is 53.1 Å². The summed E-state index contributed by atoms with van der Waals surface area (Å²) in [5.41, 5.74) is 3.23. The molecule has 2 heterocycles. The Morgan fingerprint density at radius 3 is 2.75 bits per heavy atom. The van der Waals surface area contributed by atoms with Crippen LogP contribution in [-0.4, -0.2) is 15.1 Å². The van der Waals surface area contributed by atoms with Gasteiger partial charge in [0.25, 0.3) is 0 Å². The second kappa shape index (κ2) is 7.98. The van der Waals surface area contributed by atoms with E-state index in [2.05, 4.69) is 52.5 Å². The first-order valence-corrected chi connectivity index (χ1v) is 9.68. The van der Waals surface area contributed by atoms with Gasteiger partial charge in [0.15, 0.2) is 5.76 Å². The Balaban J connectivity index is 1.80. The van der Waals surface area contributed by atoms with Crippen molar-refractivity contribution in [2.45, 2.75) is 32.7 Å². The Bertz CT molecular complexity index is 1130. The molecule has 1 aromatic carbocycles. The van der Waals surface area contributed by atoms with E-state index in [1.165, 1.54) is 0 Å². The fourth-order valence-corrected chi connectivity index (χ4v) is 3.38. The summed E-state index contributed by atoms with van der Waals surface area (Å²) < 4.78 is 5.44. The number of nitrogens with zero attached hydrogens (tertiary/aromatic N) is 3. The zero-order chi connectivity index (χ0) is 19.5. The molecule has 1 N–H and O–H groups in total. The summed E-state index contributed by atoms with van der Waals surface area (Å²) in [5.74, 6) is 1.77. The van der Waals surface area contributed by atoms with E-state index in [0.29, 0.717) is 18.3 Å². The summed E-state index contributed by atoms with van der Waals surface area (Å²) in [6, 6.07) is 12.2. The van der Waals surface area contributed by atoms with Crippen molar-refractivity contribution in [3.05, 3.63) is 81.4 Å². The van der Waals surface area contributed by atoms with Gasteiger partial charge in [-0.25, -0.2) is 9.97 Å². The molecular weight excluding hydrogens is 372 g/mol. The molecule has 0 aliphatic heterocycles. The van der Waals surface area contributed by atoms with Crippen molar-refractivity contribution in [3.8, 4) is 0 Å². The van der Waals surface area contributed by atoms with Gasteiger partial charge < -0.3 is 9.84 Å². The molecule has 0 spiro atoms. The molecule has 1 aliphatic carbocycles. The van der Waals surface area contributed by atoms with Crippen LogP contribution >= 0.6 is 11.6 Å². The predicted molar refractivity (Wildman–Crippen MR) is 111 cm³/mol. The van der Waals surface area contributed by atoms with Crippen molar-refractivity contribution in [1.82, 2.24) is 15.1 Å². The van der Waals surface area contributed by atoms with Gasteiger partial charge in [0.05, 0.1) is 17.6 Å². The first-order valence-electron chi connectivity index (χ1n) is 9.30. The van der Waals surface area contributed by atoms with E-state index >= 15 is 0 Å². The van der Waals surface area contributed by atoms with Gasteiger partial charge in [0.1, 0.15) is 5.82 Å². The highest BCUT2D eigenvalue weighted by atomic mass is 35.5. The fourth-order valence-electron chi connectivity index (χ4n) is 3.20. The van der Waals surface area contributed by atoms with Crippen molar-refractivity contribution in [1.29, 1.82) is 0 Å². The summed E-state index contributed by atoms with van der Waals surface area (Å²) in [7, 11) is 0. The molecule has 0 unspecified atom stereocenters. The number of hydrogen-bond donors (Lipinski definition) is 1. The molecule has 0 radical (unpaired) electrons. The largest absolute Gasteiger partial charge is 0.362 e. The quantitative estimate of drug-likeness (QED) is 0.669. The number of fused-ring (bicyclic) bond motifs is 1. The van der Waals surface area contributed by atoms with Gasteiger partial charge in [-0.2, -0.15) is 0 Å². The van der Waals surface area contributed by atoms with Gasteiger partial charge in [-0.15, -0.1) is 0 Å². The number of halogens is 1. The highest BCUT2D eigenvalue weighted by Crippen LogP contribution is 2.18. The van der Waals surface area contributed by atoms with Crippen LogP contribution in [0.3, 0.4) is 0 Å². The van der Waals surface area contributed by atoms with E-state index in [1.807, 2.05) is 36.4 Å². The van der Waals surface area contributed by atoms with E-state index in [4.69, 9.17) is 16.1 Å². The van der Waals surface area contributed by atoms with E-state index in [-0.39, 0.29) is 5.28 Å². The number of rotatable bonds is 5. The molecule has 28 heavy (non-hydrogen) atoms. The van der Waals surface area contributed by atoms with Crippen molar-refractivity contribution in [3.63, 3.8) is 0 Å². The summed E-state index contributed by atoms with van der Waals surface area (Å²) in [4.78, 5) is 8.92. The van der Waals surface area contributed by atoms with E-state index in [0.717, 1.165) is 39.6 Å². The number of benzene rings is 1. The minimum Gasteiger partial charge on any atom is -0.362 e. The highest BCUT2D eigenvalue weighted by Gasteiger charge is 2.13. The maximum atomic E-state index is 6.20. The maximum Gasteiger partial charge on any atom is 0.224 e. The topological polar surface area (TPSA) is 63.8 Å². The van der Waals surface area contributed by atoms with Crippen LogP contribution in [0.5, 0.6) is 0 Å². The molecule has 1 aliphatic rings. The summed E-state index contributed by atoms with van der Waals surface area (Å²) in [6.45, 7) is 4.64. The minimum absolute atomic E-state index is 0.209. The number of nitrogens with one attached hydrogen (secondary N) is 1. The zero-order valence-electron chi connectivity index (χ0n) is 15.8. The Morgan fingerprint density at radius 2 is 2.00 bits per heavy atom. The molecule has 0 saturated carbocycles. The lowest BCUT2D eigenvalue weighted by molar-refractivity contribution is 0.379. The Morgan fingerprint density at radius 1 is 1.18 bits per heavy atom. The van der Waals surface area contributed by atoms with E-state index in [1.54, 1.807) is 0 Å². The third-order valence-corrected chi connectivity index (χ3v) is 4.81. The number of allylic oxidation sites excluding steroid dienone is 2. The smallest absolute Gasteiger partial charge is 0.224 e. The van der Waals surface area contributed by atoms with Crippen molar-refractivity contribution in [2.75, 3.05) is 5.32 Å².